The van der Waals surface area contributed by atoms with Crippen LogP contribution < -0.4 is 22.1 Å². The molecule has 0 bridgehead atoms. The molecular formula is C21H20N4O2. The fourth-order valence-corrected chi connectivity index (χ4v) is 2.55. The van der Waals surface area contributed by atoms with E-state index in [2.05, 4.69) is 10.6 Å². The summed E-state index contributed by atoms with van der Waals surface area (Å²) in [5, 5.41) is 5.69. The molecule has 3 aromatic rings. The number of hydrogen-bond acceptors (Lipinski definition) is 4. The van der Waals surface area contributed by atoms with Crippen molar-refractivity contribution in [2.45, 2.75) is 6.92 Å². The lowest BCUT2D eigenvalue weighted by atomic mass is 10.1. The van der Waals surface area contributed by atoms with Crippen molar-refractivity contribution in [2.24, 2.45) is 0 Å². The molecule has 0 saturated carbocycles. The van der Waals surface area contributed by atoms with Crippen LogP contribution in [0.25, 0.3) is 0 Å². The normalized spacial score (nSPS) is 10.3. The second kappa shape index (κ2) is 7.61. The van der Waals surface area contributed by atoms with E-state index in [1.807, 2.05) is 6.92 Å². The Hall–Kier alpha value is -3.80. The van der Waals surface area contributed by atoms with E-state index in [1.165, 1.54) is 0 Å². The van der Waals surface area contributed by atoms with Crippen LogP contribution in [0, 0.1) is 6.92 Å². The fraction of sp³-hybridized carbons (Fsp3) is 0.0476. The number of amides is 2. The molecule has 0 saturated heterocycles. The summed E-state index contributed by atoms with van der Waals surface area (Å²) in [4.78, 5) is 24.6. The number of nitrogen functional groups attached to an aromatic ring is 2. The standard InChI is InChI=1S/C21H20N4O2/c1-13-12-18(24-20(26)14-2-6-16(22)7-3-14)10-11-19(13)25-21(27)15-4-8-17(23)9-5-15/h2-12H,22-23H2,1H3,(H,24,26)(H,25,27). The molecule has 0 fully saturated rings. The number of anilines is 4. The van der Waals surface area contributed by atoms with Crippen LogP contribution in [0.15, 0.2) is 66.7 Å². The molecule has 0 atom stereocenters. The number of nitrogens with one attached hydrogen (secondary N) is 2. The smallest absolute Gasteiger partial charge is 0.255 e. The average molecular weight is 360 g/mol. The zero-order valence-electron chi connectivity index (χ0n) is 14.8. The van der Waals surface area contributed by atoms with Crippen molar-refractivity contribution in [1.29, 1.82) is 0 Å². The van der Waals surface area contributed by atoms with Gasteiger partial charge in [0.1, 0.15) is 0 Å². The van der Waals surface area contributed by atoms with E-state index in [9.17, 15) is 9.59 Å². The van der Waals surface area contributed by atoms with Gasteiger partial charge < -0.3 is 22.1 Å². The Morgan fingerprint density at radius 1 is 0.704 bits per heavy atom. The van der Waals surface area contributed by atoms with Crippen LogP contribution in [0.1, 0.15) is 26.3 Å². The predicted molar refractivity (Wildman–Crippen MR) is 109 cm³/mol. The van der Waals surface area contributed by atoms with E-state index >= 15 is 0 Å². The van der Waals surface area contributed by atoms with E-state index in [0.717, 1.165) is 5.56 Å². The lowest BCUT2D eigenvalue weighted by Gasteiger charge is -2.11. The highest BCUT2D eigenvalue weighted by Gasteiger charge is 2.10. The number of benzene rings is 3. The molecule has 3 aromatic carbocycles. The summed E-state index contributed by atoms with van der Waals surface area (Å²) in [5.41, 5.74) is 15.6. The van der Waals surface area contributed by atoms with Gasteiger partial charge >= 0.3 is 0 Å². The summed E-state index contributed by atoms with van der Waals surface area (Å²) in [6.45, 7) is 1.86. The van der Waals surface area contributed by atoms with Gasteiger partial charge in [-0.3, -0.25) is 9.59 Å². The fourth-order valence-electron chi connectivity index (χ4n) is 2.55. The molecule has 0 aliphatic carbocycles. The van der Waals surface area contributed by atoms with Crippen LogP contribution in [0.5, 0.6) is 0 Å². The Morgan fingerprint density at radius 2 is 1.19 bits per heavy atom. The third kappa shape index (κ3) is 4.43. The number of rotatable bonds is 4. The molecule has 0 aromatic heterocycles. The lowest BCUT2D eigenvalue weighted by Crippen LogP contribution is -2.14. The molecule has 0 heterocycles. The van der Waals surface area contributed by atoms with Crippen molar-refractivity contribution in [3.63, 3.8) is 0 Å². The van der Waals surface area contributed by atoms with Crippen molar-refractivity contribution < 1.29 is 9.59 Å². The monoisotopic (exact) mass is 360 g/mol. The first kappa shape index (κ1) is 18.0. The largest absolute Gasteiger partial charge is 0.399 e. The SMILES string of the molecule is Cc1cc(NC(=O)c2ccc(N)cc2)ccc1NC(=O)c1ccc(N)cc1. The summed E-state index contributed by atoms with van der Waals surface area (Å²) < 4.78 is 0. The average Bonchev–Trinajstić information content (AvgIpc) is 2.65. The first-order valence-corrected chi connectivity index (χ1v) is 8.37. The molecule has 6 nitrogen and oxygen atoms in total. The summed E-state index contributed by atoms with van der Waals surface area (Å²) >= 11 is 0. The Labute approximate surface area is 157 Å². The van der Waals surface area contributed by atoms with Crippen molar-refractivity contribution in [3.05, 3.63) is 83.4 Å². The molecule has 2 amide bonds. The van der Waals surface area contributed by atoms with Gasteiger partial charge in [0.05, 0.1) is 0 Å². The van der Waals surface area contributed by atoms with Gasteiger partial charge in [0.25, 0.3) is 11.8 Å². The van der Waals surface area contributed by atoms with Crippen molar-refractivity contribution in [1.82, 2.24) is 0 Å². The molecule has 27 heavy (non-hydrogen) atoms. The third-order valence-electron chi connectivity index (χ3n) is 4.08. The second-order valence-corrected chi connectivity index (χ2v) is 6.18. The van der Waals surface area contributed by atoms with E-state index < -0.39 is 0 Å². The second-order valence-electron chi connectivity index (χ2n) is 6.18. The Kier molecular flexibility index (Phi) is 5.08. The zero-order chi connectivity index (χ0) is 19.4. The molecule has 0 radical (unpaired) electrons. The van der Waals surface area contributed by atoms with Gasteiger partial charge in [0, 0.05) is 33.9 Å². The number of hydrogen-bond donors (Lipinski definition) is 4. The first-order chi connectivity index (χ1) is 12.9. The molecule has 136 valence electrons. The van der Waals surface area contributed by atoms with Crippen LogP contribution in [-0.2, 0) is 0 Å². The minimum absolute atomic E-state index is 0.225. The minimum Gasteiger partial charge on any atom is -0.399 e. The van der Waals surface area contributed by atoms with Crippen molar-refractivity contribution in [2.75, 3.05) is 22.1 Å². The van der Waals surface area contributed by atoms with E-state index in [0.29, 0.717) is 33.9 Å². The molecule has 0 unspecified atom stereocenters. The van der Waals surface area contributed by atoms with Gasteiger partial charge in [-0.15, -0.1) is 0 Å². The zero-order valence-corrected chi connectivity index (χ0v) is 14.8. The van der Waals surface area contributed by atoms with Gasteiger partial charge in [0.2, 0.25) is 0 Å². The van der Waals surface area contributed by atoms with Crippen LogP contribution in [0.2, 0.25) is 0 Å². The summed E-state index contributed by atoms with van der Waals surface area (Å²) in [6.07, 6.45) is 0. The topological polar surface area (TPSA) is 110 Å². The molecule has 3 rings (SSSR count). The van der Waals surface area contributed by atoms with Crippen molar-refractivity contribution >= 4 is 34.6 Å². The first-order valence-electron chi connectivity index (χ1n) is 8.37. The summed E-state index contributed by atoms with van der Waals surface area (Å²) in [6, 6.07) is 18.7. The highest BCUT2D eigenvalue weighted by molar-refractivity contribution is 6.06. The van der Waals surface area contributed by atoms with Crippen LogP contribution >= 0.6 is 0 Å². The van der Waals surface area contributed by atoms with Gasteiger partial charge in [-0.2, -0.15) is 0 Å². The molecule has 6 N–H and O–H groups in total. The molecular weight excluding hydrogens is 340 g/mol. The van der Waals surface area contributed by atoms with Crippen molar-refractivity contribution in [3.8, 4) is 0 Å². The van der Waals surface area contributed by atoms with Gasteiger partial charge in [0.15, 0.2) is 0 Å². The maximum Gasteiger partial charge on any atom is 0.255 e. The number of aryl methyl sites for hydroxylation is 1. The molecule has 0 aliphatic rings. The Bertz CT molecular complexity index is 980. The summed E-state index contributed by atoms with van der Waals surface area (Å²) in [7, 11) is 0. The highest BCUT2D eigenvalue weighted by Crippen LogP contribution is 2.21. The van der Waals surface area contributed by atoms with Crippen LogP contribution in [0.3, 0.4) is 0 Å². The summed E-state index contributed by atoms with van der Waals surface area (Å²) in [5.74, 6) is -0.454. The Morgan fingerprint density at radius 3 is 1.67 bits per heavy atom. The quantitative estimate of drug-likeness (QED) is 0.532. The predicted octanol–water partition coefficient (Wildman–Crippen LogP) is 3.66. The van der Waals surface area contributed by atoms with Gasteiger partial charge in [-0.25, -0.2) is 0 Å². The minimum atomic E-state index is -0.229. The van der Waals surface area contributed by atoms with E-state index in [1.54, 1.807) is 66.7 Å². The number of carbonyl (C=O) groups excluding carboxylic acids is 2. The lowest BCUT2D eigenvalue weighted by molar-refractivity contribution is 0.101. The molecule has 0 spiro atoms. The van der Waals surface area contributed by atoms with Gasteiger partial charge in [-0.1, -0.05) is 0 Å². The number of nitrogens with two attached hydrogens (primary N) is 2. The van der Waals surface area contributed by atoms with Crippen LogP contribution in [-0.4, -0.2) is 11.8 Å². The van der Waals surface area contributed by atoms with E-state index in [-0.39, 0.29) is 11.8 Å². The molecule has 0 aliphatic heterocycles. The third-order valence-corrected chi connectivity index (χ3v) is 4.08. The van der Waals surface area contributed by atoms with Gasteiger partial charge in [-0.05, 0) is 79.2 Å². The maximum atomic E-state index is 12.3. The number of carbonyl (C=O) groups is 2. The highest BCUT2D eigenvalue weighted by atomic mass is 16.2. The Balaban J connectivity index is 1.69. The maximum absolute atomic E-state index is 12.3. The van der Waals surface area contributed by atoms with Crippen LogP contribution in [0.4, 0.5) is 22.7 Å². The molecule has 6 heteroatoms. The van der Waals surface area contributed by atoms with E-state index in [4.69, 9.17) is 11.5 Å².